The summed E-state index contributed by atoms with van der Waals surface area (Å²) in [7, 11) is 0. The lowest BCUT2D eigenvalue weighted by Gasteiger charge is -2.15. The van der Waals surface area contributed by atoms with E-state index in [0.29, 0.717) is 17.1 Å². The van der Waals surface area contributed by atoms with Crippen molar-refractivity contribution in [1.82, 2.24) is 0 Å². The summed E-state index contributed by atoms with van der Waals surface area (Å²) in [5.74, 6) is -1.35. The summed E-state index contributed by atoms with van der Waals surface area (Å²) in [6, 6.07) is 26.2. The molecule has 0 aliphatic carbocycles. The van der Waals surface area contributed by atoms with Gasteiger partial charge in [-0.05, 0) is 55.5 Å². The minimum atomic E-state index is -1.04. The third-order valence-electron chi connectivity index (χ3n) is 5.98. The van der Waals surface area contributed by atoms with Crippen LogP contribution in [0.3, 0.4) is 0 Å². The lowest BCUT2D eigenvalue weighted by atomic mass is 10.1. The molecule has 0 aromatic heterocycles. The molecule has 0 N–H and O–H groups in total. The number of rotatable bonds is 7. The molecule has 7 nitrogen and oxygen atoms in total. The van der Waals surface area contributed by atoms with Crippen molar-refractivity contribution in [3.8, 4) is 11.5 Å². The van der Waals surface area contributed by atoms with Gasteiger partial charge in [0.05, 0.1) is 27.4 Å². The van der Waals surface area contributed by atoms with Gasteiger partial charge in [0.25, 0.3) is 11.8 Å². The zero-order valence-electron chi connectivity index (χ0n) is 20.1. The summed E-state index contributed by atoms with van der Waals surface area (Å²) in [4.78, 5) is 52.6. The van der Waals surface area contributed by atoms with Gasteiger partial charge in [0.1, 0.15) is 11.5 Å². The molecule has 8 heteroatoms. The van der Waals surface area contributed by atoms with Gasteiger partial charge in [-0.1, -0.05) is 60.1 Å². The van der Waals surface area contributed by atoms with Crippen molar-refractivity contribution in [1.29, 1.82) is 0 Å². The first-order valence-corrected chi connectivity index (χ1v) is 12.1. The molecule has 1 aliphatic rings. The van der Waals surface area contributed by atoms with Crippen LogP contribution < -0.4 is 9.64 Å². The molecule has 1 atom stereocenters. The van der Waals surface area contributed by atoms with Crippen LogP contribution in [0.5, 0.6) is 11.5 Å². The second-order valence-electron chi connectivity index (χ2n) is 8.51. The Bertz CT molecular complexity index is 1570. The fourth-order valence-electron chi connectivity index (χ4n) is 4.05. The molecular formula is C30H20ClNO6. The van der Waals surface area contributed by atoms with Crippen LogP contribution in [-0.2, 0) is 4.74 Å². The van der Waals surface area contributed by atoms with Crippen molar-refractivity contribution in [2.24, 2.45) is 0 Å². The van der Waals surface area contributed by atoms with Gasteiger partial charge in [-0.2, -0.15) is 0 Å². The predicted octanol–water partition coefficient (Wildman–Crippen LogP) is 6.36. The molecule has 4 aromatic carbocycles. The van der Waals surface area contributed by atoms with Gasteiger partial charge < -0.3 is 9.47 Å². The maximum atomic E-state index is 13.2. The molecule has 0 spiro atoms. The fourth-order valence-corrected chi connectivity index (χ4v) is 4.26. The fraction of sp³-hybridized carbons (Fsp3) is 0.0667. The van der Waals surface area contributed by atoms with Crippen LogP contribution in [-0.4, -0.2) is 29.7 Å². The van der Waals surface area contributed by atoms with Crippen molar-refractivity contribution >= 4 is 40.9 Å². The highest BCUT2D eigenvalue weighted by Crippen LogP contribution is 2.36. The molecule has 0 bridgehead atoms. The number of ether oxygens (including phenoxy) is 2. The Morgan fingerprint density at radius 2 is 1.42 bits per heavy atom. The molecule has 0 fully saturated rings. The normalized spacial score (nSPS) is 13.2. The van der Waals surface area contributed by atoms with E-state index in [4.69, 9.17) is 21.1 Å². The van der Waals surface area contributed by atoms with Crippen molar-refractivity contribution in [3.63, 3.8) is 0 Å². The van der Waals surface area contributed by atoms with Crippen LogP contribution in [0.1, 0.15) is 48.4 Å². The maximum absolute atomic E-state index is 13.2. The first kappa shape index (κ1) is 24.9. The number of para-hydroxylation sites is 1. The number of amides is 2. The van der Waals surface area contributed by atoms with Crippen LogP contribution in [0.25, 0.3) is 0 Å². The molecule has 0 saturated heterocycles. The highest BCUT2D eigenvalue weighted by atomic mass is 35.5. The number of benzene rings is 4. The number of imide groups is 1. The molecule has 5 rings (SSSR count). The van der Waals surface area contributed by atoms with E-state index in [0.717, 1.165) is 4.90 Å². The largest absolute Gasteiger partial charge is 0.456 e. The maximum Gasteiger partial charge on any atom is 0.338 e. The van der Waals surface area contributed by atoms with Crippen molar-refractivity contribution in [2.45, 2.75) is 13.0 Å². The quantitative estimate of drug-likeness (QED) is 0.158. The number of hydrogen-bond donors (Lipinski definition) is 0. The Hall–Kier alpha value is -4.75. The molecule has 0 unspecified atom stereocenters. The summed E-state index contributed by atoms with van der Waals surface area (Å²) in [5.41, 5.74) is 0.904. The molecule has 38 heavy (non-hydrogen) atoms. The number of Topliss-reactive ketones (excluding diaryl/α,β-unsaturated/α-hetero) is 1. The van der Waals surface area contributed by atoms with Gasteiger partial charge >= 0.3 is 5.97 Å². The van der Waals surface area contributed by atoms with Crippen molar-refractivity contribution < 1.29 is 28.7 Å². The van der Waals surface area contributed by atoms with E-state index in [1.165, 1.54) is 31.2 Å². The van der Waals surface area contributed by atoms with Crippen LogP contribution in [0.2, 0.25) is 5.02 Å². The van der Waals surface area contributed by atoms with Crippen LogP contribution >= 0.6 is 11.6 Å². The van der Waals surface area contributed by atoms with Gasteiger partial charge in [-0.15, -0.1) is 0 Å². The Morgan fingerprint density at radius 3 is 2.11 bits per heavy atom. The summed E-state index contributed by atoms with van der Waals surface area (Å²) in [5, 5.41) is 0.212. The first-order chi connectivity index (χ1) is 18.3. The molecule has 0 saturated carbocycles. The minimum Gasteiger partial charge on any atom is -0.456 e. The van der Waals surface area contributed by atoms with E-state index in [-0.39, 0.29) is 33.2 Å². The molecule has 2 amide bonds. The van der Waals surface area contributed by atoms with Crippen molar-refractivity contribution in [3.05, 3.63) is 124 Å². The Kier molecular flexibility index (Phi) is 6.77. The summed E-state index contributed by atoms with van der Waals surface area (Å²) < 4.78 is 11.1. The standard InChI is InChI=1S/C30H20ClNO6/c1-18(27(33)19-8-4-2-5-9-19)37-30(36)20-12-14-23-24(16-20)29(35)32(28(23)34)21-13-15-26(25(31)17-21)38-22-10-6-3-7-11-22/h2-18H,1H3/t18-/m0/s1. The number of nitrogens with zero attached hydrogens (tertiary/aromatic N) is 1. The van der Waals surface area contributed by atoms with Gasteiger partial charge in [0, 0.05) is 5.56 Å². The lowest BCUT2D eigenvalue weighted by Crippen LogP contribution is -2.29. The SMILES string of the molecule is C[C@H](OC(=O)c1ccc2c(c1)C(=O)N(c1ccc(Oc3ccccc3)c(Cl)c1)C2=O)C(=O)c1ccccc1. The minimum absolute atomic E-state index is 0.0455. The number of hydrogen-bond acceptors (Lipinski definition) is 6. The highest BCUT2D eigenvalue weighted by molar-refractivity contribution is 6.36. The predicted molar refractivity (Wildman–Crippen MR) is 141 cm³/mol. The molecule has 188 valence electrons. The summed E-state index contributed by atoms with van der Waals surface area (Å²) >= 11 is 6.39. The third-order valence-corrected chi connectivity index (χ3v) is 6.27. The third kappa shape index (κ3) is 4.79. The number of esters is 1. The molecular weight excluding hydrogens is 506 g/mol. The summed E-state index contributed by atoms with van der Waals surface area (Å²) in [6.45, 7) is 1.48. The number of halogens is 1. The highest BCUT2D eigenvalue weighted by Gasteiger charge is 2.37. The van der Waals surface area contributed by atoms with E-state index >= 15 is 0 Å². The zero-order valence-corrected chi connectivity index (χ0v) is 20.8. The van der Waals surface area contributed by atoms with E-state index in [9.17, 15) is 19.2 Å². The monoisotopic (exact) mass is 525 g/mol. The Labute approximate surface area is 223 Å². The van der Waals surface area contributed by atoms with Crippen LogP contribution in [0, 0.1) is 0 Å². The lowest BCUT2D eigenvalue weighted by molar-refractivity contribution is 0.0318. The first-order valence-electron chi connectivity index (χ1n) is 11.7. The van der Waals surface area contributed by atoms with E-state index in [2.05, 4.69) is 0 Å². The smallest absolute Gasteiger partial charge is 0.338 e. The van der Waals surface area contributed by atoms with E-state index in [1.807, 2.05) is 18.2 Å². The van der Waals surface area contributed by atoms with E-state index in [1.54, 1.807) is 54.6 Å². The zero-order chi connectivity index (χ0) is 26.8. The Balaban J connectivity index is 1.34. The second-order valence-corrected chi connectivity index (χ2v) is 8.92. The molecule has 0 radical (unpaired) electrons. The second kappa shape index (κ2) is 10.3. The number of carbonyl (C=O) groups is 4. The summed E-state index contributed by atoms with van der Waals surface area (Å²) in [6.07, 6.45) is -1.04. The van der Waals surface area contributed by atoms with Gasteiger partial charge in [-0.25, -0.2) is 9.69 Å². The average Bonchev–Trinajstić information content (AvgIpc) is 3.19. The van der Waals surface area contributed by atoms with Gasteiger partial charge in [0.2, 0.25) is 5.78 Å². The molecule has 1 heterocycles. The topological polar surface area (TPSA) is 90.0 Å². The van der Waals surface area contributed by atoms with E-state index < -0.39 is 23.9 Å². The molecule has 4 aromatic rings. The Morgan fingerprint density at radius 1 is 0.763 bits per heavy atom. The van der Waals surface area contributed by atoms with Gasteiger partial charge in [-0.3, -0.25) is 14.4 Å². The number of anilines is 1. The number of ketones is 1. The van der Waals surface area contributed by atoms with Crippen LogP contribution in [0.15, 0.2) is 97.1 Å². The average molecular weight is 526 g/mol. The molecule has 1 aliphatic heterocycles. The van der Waals surface area contributed by atoms with Gasteiger partial charge in [0.15, 0.2) is 6.10 Å². The van der Waals surface area contributed by atoms with Crippen molar-refractivity contribution in [2.75, 3.05) is 4.90 Å². The number of carbonyl (C=O) groups excluding carboxylic acids is 4. The number of fused-ring (bicyclic) bond motifs is 1. The van der Waals surface area contributed by atoms with Crippen LogP contribution in [0.4, 0.5) is 5.69 Å².